The zero-order valence-corrected chi connectivity index (χ0v) is 21.9. The molecule has 0 aliphatic heterocycles. The molecule has 2 aliphatic rings. The standard InChI is InChI=1S/C31H40ClF3/c1-2-3-21-4-6-22(7-5-21)8-9-23-10-13-25(14-11-23)27-17-16-26(28(33)20-27)15-12-24-18-29(34)31(32)30(35)19-24/h16-23,25H,2-15H2,1H3. The highest BCUT2D eigenvalue weighted by molar-refractivity contribution is 6.30. The van der Waals surface area contributed by atoms with Crippen LogP contribution in [-0.2, 0) is 12.8 Å². The molecule has 0 unspecified atom stereocenters. The fraction of sp³-hybridized carbons (Fsp3) is 0.613. The van der Waals surface area contributed by atoms with Crippen LogP contribution in [0.1, 0.15) is 107 Å². The van der Waals surface area contributed by atoms with Gasteiger partial charge < -0.3 is 0 Å². The van der Waals surface area contributed by atoms with Crippen LogP contribution in [0.4, 0.5) is 13.2 Å². The lowest BCUT2D eigenvalue weighted by atomic mass is 9.74. The van der Waals surface area contributed by atoms with Crippen molar-refractivity contribution in [2.45, 2.75) is 103 Å². The minimum Gasteiger partial charge on any atom is -0.207 e. The SMILES string of the molecule is CCCC1CCC(CCC2CCC(c3ccc(CCc4cc(F)c(Cl)c(F)c4)c(F)c3)CC2)CC1. The first-order valence-electron chi connectivity index (χ1n) is 13.8. The van der Waals surface area contributed by atoms with Crippen molar-refractivity contribution in [2.24, 2.45) is 17.8 Å². The highest BCUT2D eigenvalue weighted by Gasteiger charge is 2.25. The molecule has 4 rings (SSSR count). The van der Waals surface area contributed by atoms with Gasteiger partial charge >= 0.3 is 0 Å². The summed E-state index contributed by atoms with van der Waals surface area (Å²) in [6, 6.07) is 8.06. The van der Waals surface area contributed by atoms with E-state index >= 15 is 0 Å². The lowest BCUT2D eigenvalue weighted by molar-refractivity contribution is 0.224. The maximum Gasteiger partial charge on any atom is 0.145 e. The van der Waals surface area contributed by atoms with Crippen molar-refractivity contribution >= 4 is 11.6 Å². The van der Waals surface area contributed by atoms with Crippen molar-refractivity contribution in [3.8, 4) is 0 Å². The minimum atomic E-state index is -0.771. The van der Waals surface area contributed by atoms with Gasteiger partial charge in [0.15, 0.2) is 0 Å². The van der Waals surface area contributed by atoms with E-state index in [1.165, 1.54) is 76.3 Å². The molecule has 4 heteroatoms. The van der Waals surface area contributed by atoms with E-state index in [9.17, 15) is 13.2 Å². The Balaban J connectivity index is 1.22. The summed E-state index contributed by atoms with van der Waals surface area (Å²) >= 11 is 5.55. The number of rotatable bonds is 9. The van der Waals surface area contributed by atoms with Gasteiger partial charge in [0.2, 0.25) is 0 Å². The smallest absolute Gasteiger partial charge is 0.145 e. The van der Waals surface area contributed by atoms with Gasteiger partial charge in [0.05, 0.1) is 0 Å². The van der Waals surface area contributed by atoms with E-state index in [0.29, 0.717) is 29.9 Å². The number of halogens is 4. The van der Waals surface area contributed by atoms with E-state index < -0.39 is 16.7 Å². The maximum atomic E-state index is 14.8. The Morgan fingerprint density at radius 2 is 1.23 bits per heavy atom. The van der Waals surface area contributed by atoms with E-state index in [4.69, 9.17) is 11.6 Å². The molecule has 2 aliphatic carbocycles. The summed E-state index contributed by atoms with van der Waals surface area (Å²) in [5.41, 5.74) is 2.18. The molecule has 0 atom stereocenters. The third kappa shape index (κ3) is 7.28. The van der Waals surface area contributed by atoms with Gasteiger partial charge in [-0.3, -0.25) is 0 Å². The second-order valence-electron chi connectivity index (χ2n) is 11.2. The molecule has 0 N–H and O–H groups in total. The zero-order valence-electron chi connectivity index (χ0n) is 21.1. The van der Waals surface area contributed by atoms with Crippen LogP contribution in [0.5, 0.6) is 0 Å². The Bertz CT molecular complexity index is 933. The van der Waals surface area contributed by atoms with Crippen LogP contribution < -0.4 is 0 Å². The number of benzene rings is 2. The van der Waals surface area contributed by atoms with Crippen LogP contribution >= 0.6 is 11.6 Å². The van der Waals surface area contributed by atoms with Crippen LogP contribution in [0, 0.1) is 35.2 Å². The van der Waals surface area contributed by atoms with Crippen molar-refractivity contribution < 1.29 is 13.2 Å². The quantitative estimate of drug-likeness (QED) is 0.298. The van der Waals surface area contributed by atoms with E-state index in [1.807, 2.05) is 6.07 Å². The second kappa shape index (κ2) is 12.7. The molecule has 2 aromatic carbocycles. The number of hydrogen-bond acceptors (Lipinski definition) is 0. The Hall–Kier alpha value is -1.48. The van der Waals surface area contributed by atoms with Crippen LogP contribution in [0.15, 0.2) is 30.3 Å². The molecule has 2 fully saturated rings. The first-order chi connectivity index (χ1) is 16.9. The summed E-state index contributed by atoms with van der Waals surface area (Å²) in [5.74, 6) is 1.46. The molecule has 0 spiro atoms. The number of hydrogen-bond donors (Lipinski definition) is 0. The van der Waals surface area contributed by atoms with Crippen molar-refractivity contribution in [1.29, 1.82) is 0 Å². The fourth-order valence-corrected chi connectivity index (χ4v) is 6.63. The van der Waals surface area contributed by atoms with Gasteiger partial charge in [-0.1, -0.05) is 82.0 Å². The van der Waals surface area contributed by atoms with E-state index in [-0.39, 0.29) is 5.82 Å². The van der Waals surface area contributed by atoms with Gasteiger partial charge in [-0.2, -0.15) is 0 Å². The topological polar surface area (TPSA) is 0 Å². The molecular weight excluding hydrogens is 465 g/mol. The Kier molecular flexibility index (Phi) is 9.61. The monoisotopic (exact) mass is 504 g/mol. The normalized spacial score (nSPS) is 25.1. The van der Waals surface area contributed by atoms with E-state index in [2.05, 4.69) is 13.0 Å². The highest BCUT2D eigenvalue weighted by atomic mass is 35.5. The molecule has 0 radical (unpaired) electrons. The van der Waals surface area contributed by atoms with Gasteiger partial charge in [0.1, 0.15) is 22.5 Å². The summed E-state index contributed by atoms with van der Waals surface area (Å²) in [7, 11) is 0. The largest absolute Gasteiger partial charge is 0.207 e. The Labute approximate surface area is 214 Å². The third-order valence-corrected chi connectivity index (χ3v) is 9.13. The van der Waals surface area contributed by atoms with Crippen LogP contribution in [-0.4, -0.2) is 0 Å². The average molecular weight is 505 g/mol. The Morgan fingerprint density at radius 3 is 1.77 bits per heavy atom. The average Bonchev–Trinajstić information content (AvgIpc) is 2.86. The lowest BCUT2D eigenvalue weighted by Crippen LogP contribution is -2.18. The van der Waals surface area contributed by atoms with Gasteiger partial charge in [-0.15, -0.1) is 0 Å². The lowest BCUT2D eigenvalue weighted by Gasteiger charge is -2.32. The molecule has 0 saturated heterocycles. The molecule has 2 aromatic rings. The fourth-order valence-electron chi connectivity index (χ4n) is 6.52. The molecule has 192 valence electrons. The second-order valence-corrected chi connectivity index (χ2v) is 11.6. The Morgan fingerprint density at radius 1 is 0.686 bits per heavy atom. The minimum absolute atomic E-state index is 0.210. The molecule has 35 heavy (non-hydrogen) atoms. The first kappa shape index (κ1) is 26.6. The van der Waals surface area contributed by atoms with Crippen molar-refractivity contribution in [3.05, 3.63) is 69.5 Å². The maximum absolute atomic E-state index is 14.8. The predicted octanol–water partition coefficient (Wildman–Crippen LogP) is 10.2. The van der Waals surface area contributed by atoms with Gasteiger partial charge in [-0.25, -0.2) is 13.2 Å². The van der Waals surface area contributed by atoms with Crippen LogP contribution in [0.3, 0.4) is 0 Å². The van der Waals surface area contributed by atoms with Crippen LogP contribution in [0.2, 0.25) is 5.02 Å². The molecule has 0 bridgehead atoms. The van der Waals surface area contributed by atoms with Crippen molar-refractivity contribution in [2.75, 3.05) is 0 Å². The predicted molar refractivity (Wildman–Crippen MR) is 139 cm³/mol. The molecule has 2 saturated carbocycles. The zero-order chi connectivity index (χ0) is 24.8. The van der Waals surface area contributed by atoms with Gasteiger partial charge in [0.25, 0.3) is 0 Å². The van der Waals surface area contributed by atoms with Crippen LogP contribution in [0.25, 0.3) is 0 Å². The van der Waals surface area contributed by atoms with E-state index in [1.54, 1.807) is 6.07 Å². The molecule has 0 amide bonds. The van der Waals surface area contributed by atoms with Gasteiger partial charge in [-0.05, 0) is 97.1 Å². The molecule has 0 nitrogen and oxygen atoms in total. The summed E-state index contributed by atoms with van der Waals surface area (Å²) < 4.78 is 42.2. The first-order valence-corrected chi connectivity index (χ1v) is 14.2. The number of aryl methyl sites for hydroxylation is 2. The molecule has 0 heterocycles. The van der Waals surface area contributed by atoms with E-state index in [0.717, 1.165) is 36.2 Å². The summed E-state index contributed by atoms with van der Waals surface area (Å²) in [6.45, 7) is 2.31. The third-order valence-electron chi connectivity index (χ3n) is 8.77. The molecule has 0 aromatic heterocycles. The van der Waals surface area contributed by atoms with Crippen molar-refractivity contribution in [3.63, 3.8) is 0 Å². The van der Waals surface area contributed by atoms with Gasteiger partial charge in [0, 0.05) is 0 Å². The summed E-state index contributed by atoms with van der Waals surface area (Å²) in [6.07, 6.45) is 16.9. The summed E-state index contributed by atoms with van der Waals surface area (Å²) in [4.78, 5) is 0. The molecular formula is C31H40ClF3. The highest BCUT2D eigenvalue weighted by Crippen LogP contribution is 2.40. The summed E-state index contributed by atoms with van der Waals surface area (Å²) in [5, 5.41) is -0.492. The van der Waals surface area contributed by atoms with Crippen molar-refractivity contribution in [1.82, 2.24) is 0 Å².